The Morgan fingerprint density at radius 2 is 1.73 bits per heavy atom. The number of rotatable bonds is 9. The minimum absolute atomic E-state index is 0.0221. The smallest absolute Gasteiger partial charge is 0.258 e. The van der Waals surface area contributed by atoms with E-state index in [0.29, 0.717) is 31.6 Å². The van der Waals surface area contributed by atoms with Crippen molar-refractivity contribution in [1.29, 1.82) is 0 Å². The Kier molecular flexibility index (Phi) is 6.73. The van der Waals surface area contributed by atoms with Gasteiger partial charge in [0.25, 0.3) is 5.91 Å². The van der Waals surface area contributed by atoms with E-state index in [0.717, 1.165) is 22.0 Å². The molecule has 0 aromatic heterocycles. The van der Waals surface area contributed by atoms with Gasteiger partial charge < -0.3 is 15.1 Å². The lowest BCUT2D eigenvalue weighted by molar-refractivity contribution is -0.140. The Morgan fingerprint density at radius 1 is 1.00 bits per heavy atom. The Hall–Kier alpha value is -3.67. The van der Waals surface area contributed by atoms with Gasteiger partial charge in [-0.2, -0.15) is 0 Å². The van der Waals surface area contributed by atoms with E-state index in [-0.39, 0.29) is 24.1 Å². The van der Waals surface area contributed by atoms with Gasteiger partial charge in [-0.15, -0.1) is 0 Å². The van der Waals surface area contributed by atoms with E-state index in [9.17, 15) is 14.4 Å². The quantitative estimate of drug-likeness (QED) is 0.541. The fourth-order valence-electron chi connectivity index (χ4n) is 4.42. The number of benzene rings is 3. The Labute approximate surface area is 194 Å². The molecule has 0 unspecified atom stereocenters. The maximum absolute atomic E-state index is 13.2. The van der Waals surface area contributed by atoms with Crippen LogP contribution in [-0.2, 0) is 16.1 Å². The van der Waals surface area contributed by atoms with E-state index in [1.54, 1.807) is 16.7 Å². The lowest BCUT2D eigenvalue weighted by Crippen LogP contribution is -2.47. The topological polar surface area (TPSA) is 69.7 Å². The van der Waals surface area contributed by atoms with Crippen molar-refractivity contribution in [3.8, 4) is 0 Å². The van der Waals surface area contributed by atoms with Crippen LogP contribution in [-0.4, -0.2) is 41.8 Å². The summed E-state index contributed by atoms with van der Waals surface area (Å²) in [6, 6.07) is 20.8. The summed E-state index contributed by atoms with van der Waals surface area (Å²) in [5.74, 6) is -0.287. The van der Waals surface area contributed by atoms with Crippen LogP contribution in [0, 0.1) is 0 Å². The minimum atomic E-state index is -0.580. The first-order valence-electron chi connectivity index (χ1n) is 11.5. The summed E-state index contributed by atoms with van der Waals surface area (Å²) in [5, 5.41) is 4.83. The molecular formula is C27H29N3O3. The average Bonchev–Trinajstić information content (AvgIpc) is 3.11. The largest absolute Gasteiger partial charge is 0.355 e. The highest BCUT2D eigenvalue weighted by atomic mass is 16.2. The standard InChI is InChI=1S/C27H29N3O3/c1-3-28-26(32)19(2)30(18-20-10-5-4-6-11-20)24(31)16-9-17-29-23-15-8-13-21-12-7-14-22(25(21)23)27(29)33/h4-8,10-15,19H,3,9,16-18H2,1-2H3,(H,28,32)/t19-/m0/s1. The van der Waals surface area contributed by atoms with Crippen molar-refractivity contribution in [2.75, 3.05) is 18.0 Å². The second-order valence-corrected chi connectivity index (χ2v) is 8.32. The van der Waals surface area contributed by atoms with Crippen molar-refractivity contribution in [3.63, 3.8) is 0 Å². The van der Waals surface area contributed by atoms with E-state index in [1.165, 1.54) is 0 Å². The van der Waals surface area contributed by atoms with Crippen molar-refractivity contribution >= 4 is 34.2 Å². The highest BCUT2D eigenvalue weighted by Gasteiger charge is 2.30. The number of nitrogens with one attached hydrogen (secondary N) is 1. The molecule has 1 N–H and O–H groups in total. The number of carbonyl (C=O) groups is 3. The maximum atomic E-state index is 13.2. The third-order valence-corrected chi connectivity index (χ3v) is 6.14. The SMILES string of the molecule is CCNC(=O)[C@H](C)N(Cc1ccccc1)C(=O)CCCN1C(=O)c2cccc3cccc1c23. The predicted molar refractivity (Wildman–Crippen MR) is 130 cm³/mol. The molecule has 6 nitrogen and oxygen atoms in total. The molecule has 0 radical (unpaired) electrons. The molecule has 1 atom stereocenters. The van der Waals surface area contributed by atoms with Gasteiger partial charge in [0, 0.05) is 37.0 Å². The first-order valence-corrected chi connectivity index (χ1v) is 11.5. The highest BCUT2D eigenvalue weighted by Crippen LogP contribution is 2.37. The van der Waals surface area contributed by atoms with E-state index >= 15 is 0 Å². The zero-order valence-electron chi connectivity index (χ0n) is 19.1. The van der Waals surface area contributed by atoms with Crippen LogP contribution in [0.15, 0.2) is 66.7 Å². The minimum Gasteiger partial charge on any atom is -0.355 e. The van der Waals surface area contributed by atoms with E-state index in [2.05, 4.69) is 5.32 Å². The normalized spacial score (nSPS) is 13.3. The summed E-state index contributed by atoms with van der Waals surface area (Å²) in [6.07, 6.45) is 0.773. The van der Waals surface area contributed by atoms with Crippen LogP contribution in [0.3, 0.4) is 0 Å². The van der Waals surface area contributed by atoms with E-state index < -0.39 is 6.04 Å². The fourth-order valence-corrected chi connectivity index (χ4v) is 4.42. The van der Waals surface area contributed by atoms with Gasteiger partial charge in [0.2, 0.25) is 11.8 Å². The molecule has 3 aromatic carbocycles. The fraction of sp³-hybridized carbons (Fsp3) is 0.296. The second-order valence-electron chi connectivity index (χ2n) is 8.32. The van der Waals surface area contributed by atoms with E-state index in [1.807, 2.05) is 73.7 Å². The first-order chi connectivity index (χ1) is 16.0. The number of amides is 3. The molecule has 0 fully saturated rings. The summed E-state index contributed by atoms with van der Waals surface area (Å²) in [7, 11) is 0. The monoisotopic (exact) mass is 443 g/mol. The van der Waals surface area contributed by atoms with Crippen LogP contribution < -0.4 is 10.2 Å². The zero-order valence-corrected chi connectivity index (χ0v) is 19.1. The molecule has 1 aliphatic heterocycles. The molecule has 170 valence electrons. The third-order valence-electron chi connectivity index (χ3n) is 6.14. The van der Waals surface area contributed by atoms with Crippen molar-refractivity contribution in [2.24, 2.45) is 0 Å². The van der Waals surface area contributed by atoms with Gasteiger partial charge in [-0.1, -0.05) is 54.6 Å². The molecule has 0 spiro atoms. The molecule has 1 heterocycles. The summed E-state index contributed by atoms with van der Waals surface area (Å²) in [6.45, 7) is 4.95. The predicted octanol–water partition coefficient (Wildman–Crippen LogP) is 4.13. The number of likely N-dealkylation sites (N-methyl/N-ethyl adjacent to an activating group) is 1. The summed E-state index contributed by atoms with van der Waals surface area (Å²) in [5.41, 5.74) is 2.58. The van der Waals surface area contributed by atoms with Crippen molar-refractivity contribution in [3.05, 3.63) is 77.9 Å². The van der Waals surface area contributed by atoms with Crippen LogP contribution in [0.4, 0.5) is 5.69 Å². The van der Waals surface area contributed by atoms with Crippen molar-refractivity contribution in [1.82, 2.24) is 10.2 Å². The van der Waals surface area contributed by atoms with Gasteiger partial charge in [0.15, 0.2) is 0 Å². The molecule has 1 aliphatic rings. The van der Waals surface area contributed by atoms with Crippen LogP contribution in [0.25, 0.3) is 10.8 Å². The molecule has 0 aliphatic carbocycles. The van der Waals surface area contributed by atoms with Gasteiger partial charge in [-0.3, -0.25) is 14.4 Å². The van der Waals surface area contributed by atoms with E-state index in [4.69, 9.17) is 0 Å². The molecule has 6 heteroatoms. The molecule has 33 heavy (non-hydrogen) atoms. The molecule has 4 rings (SSSR count). The number of nitrogens with zero attached hydrogens (tertiary/aromatic N) is 2. The number of hydrogen-bond donors (Lipinski definition) is 1. The van der Waals surface area contributed by atoms with Crippen LogP contribution >= 0.6 is 0 Å². The van der Waals surface area contributed by atoms with Crippen molar-refractivity contribution in [2.45, 2.75) is 39.3 Å². The zero-order chi connectivity index (χ0) is 23.4. The Morgan fingerprint density at radius 3 is 2.45 bits per heavy atom. The lowest BCUT2D eigenvalue weighted by Gasteiger charge is -2.29. The molecule has 3 amide bonds. The first kappa shape index (κ1) is 22.5. The van der Waals surface area contributed by atoms with Gasteiger partial charge >= 0.3 is 0 Å². The van der Waals surface area contributed by atoms with Crippen LogP contribution in [0.5, 0.6) is 0 Å². The number of carbonyl (C=O) groups excluding carboxylic acids is 3. The molecule has 0 saturated heterocycles. The molecule has 0 bridgehead atoms. The van der Waals surface area contributed by atoms with Gasteiger partial charge in [-0.25, -0.2) is 0 Å². The Balaban J connectivity index is 1.45. The average molecular weight is 444 g/mol. The number of anilines is 1. The van der Waals surface area contributed by atoms with Gasteiger partial charge in [0.05, 0.1) is 5.69 Å². The Bertz CT molecular complexity index is 1170. The lowest BCUT2D eigenvalue weighted by atomic mass is 10.1. The molecule has 0 saturated carbocycles. The van der Waals surface area contributed by atoms with Gasteiger partial charge in [-0.05, 0) is 43.4 Å². The van der Waals surface area contributed by atoms with Crippen molar-refractivity contribution < 1.29 is 14.4 Å². The third kappa shape index (κ3) is 4.60. The molecule has 3 aromatic rings. The van der Waals surface area contributed by atoms with Crippen LogP contribution in [0.1, 0.15) is 42.6 Å². The van der Waals surface area contributed by atoms with Gasteiger partial charge in [0.1, 0.15) is 6.04 Å². The van der Waals surface area contributed by atoms with Crippen LogP contribution in [0.2, 0.25) is 0 Å². The summed E-state index contributed by atoms with van der Waals surface area (Å²) >= 11 is 0. The summed E-state index contributed by atoms with van der Waals surface area (Å²) in [4.78, 5) is 42.0. The number of hydrogen-bond acceptors (Lipinski definition) is 3. The second kappa shape index (κ2) is 9.86. The maximum Gasteiger partial charge on any atom is 0.258 e. The molecular weight excluding hydrogens is 414 g/mol. The highest BCUT2D eigenvalue weighted by molar-refractivity contribution is 6.25. The summed E-state index contributed by atoms with van der Waals surface area (Å²) < 4.78 is 0.